The van der Waals surface area contributed by atoms with Gasteiger partial charge in [-0.05, 0) is 48.0 Å². The van der Waals surface area contributed by atoms with Crippen LogP contribution in [0.25, 0.3) is 21.8 Å². The number of benzene rings is 2. The molecule has 1 aliphatic heterocycles. The van der Waals surface area contributed by atoms with Gasteiger partial charge in [0.25, 0.3) is 10.0 Å². The highest BCUT2D eigenvalue weighted by molar-refractivity contribution is 7.92. The molecule has 0 amide bonds. The van der Waals surface area contributed by atoms with Crippen molar-refractivity contribution in [2.45, 2.75) is 4.90 Å². The summed E-state index contributed by atoms with van der Waals surface area (Å²) in [6.07, 6.45) is 1.37. The van der Waals surface area contributed by atoms with Crippen molar-refractivity contribution in [2.75, 3.05) is 35.9 Å². The molecule has 1 saturated heterocycles. The highest BCUT2D eigenvalue weighted by Crippen LogP contribution is 2.43. The molecule has 0 bridgehead atoms. The van der Waals surface area contributed by atoms with E-state index in [4.69, 9.17) is 16.3 Å². The quantitative estimate of drug-likeness (QED) is 0.248. The van der Waals surface area contributed by atoms with Crippen molar-refractivity contribution in [2.24, 2.45) is 0 Å². The Morgan fingerprint density at radius 3 is 2.47 bits per heavy atom. The zero-order valence-corrected chi connectivity index (χ0v) is 21.5. The average molecular weight is 586 g/mol. The highest BCUT2D eigenvalue weighted by Gasteiger charge is 2.28. The molecule has 0 unspecified atom stereocenters. The Kier molecular flexibility index (Phi) is 7.22. The average Bonchev–Trinajstić information content (AvgIpc) is 3.33. The molecule has 0 atom stereocenters. The molecular formula is C23H16ClF4N5O3S2. The summed E-state index contributed by atoms with van der Waals surface area (Å²) in [5.41, 5.74) is -1.26. The summed E-state index contributed by atoms with van der Waals surface area (Å²) in [4.78, 5) is 13.5. The van der Waals surface area contributed by atoms with Crippen LogP contribution < -0.4 is 9.62 Å². The van der Waals surface area contributed by atoms with Crippen LogP contribution in [-0.2, 0) is 14.8 Å². The number of rotatable bonds is 6. The van der Waals surface area contributed by atoms with Crippen LogP contribution in [0.1, 0.15) is 0 Å². The topological polar surface area (TPSA) is 97.3 Å². The van der Waals surface area contributed by atoms with Crippen LogP contribution in [-0.4, -0.2) is 49.7 Å². The number of sulfonamides is 1. The van der Waals surface area contributed by atoms with Crippen molar-refractivity contribution >= 4 is 43.8 Å². The van der Waals surface area contributed by atoms with Crippen molar-refractivity contribution in [1.82, 2.24) is 15.0 Å². The van der Waals surface area contributed by atoms with Gasteiger partial charge in [0.15, 0.2) is 10.9 Å². The smallest absolute Gasteiger partial charge is 0.265 e. The molecule has 2 aromatic carbocycles. The minimum absolute atomic E-state index is 0.102. The van der Waals surface area contributed by atoms with Gasteiger partial charge in [-0.1, -0.05) is 11.3 Å². The van der Waals surface area contributed by atoms with E-state index in [0.29, 0.717) is 43.6 Å². The number of nitrogens with zero attached hydrogens (tertiary/aromatic N) is 4. The molecule has 1 fully saturated rings. The number of hydrogen-bond acceptors (Lipinski definition) is 8. The second kappa shape index (κ2) is 10.4. The summed E-state index contributed by atoms with van der Waals surface area (Å²) in [5, 5.41) is 0.328. The van der Waals surface area contributed by atoms with Crippen molar-refractivity contribution in [3.63, 3.8) is 0 Å². The Morgan fingerprint density at radius 2 is 1.74 bits per heavy atom. The van der Waals surface area contributed by atoms with Crippen LogP contribution in [0, 0.1) is 23.3 Å². The first-order valence-electron chi connectivity index (χ1n) is 10.9. The van der Waals surface area contributed by atoms with Gasteiger partial charge in [0.2, 0.25) is 5.28 Å². The second-order valence-corrected chi connectivity index (χ2v) is 10.9. The van der Waals surface area contributed by atoms with Gasteiger partial charge in [0.05, 0.1) is 40.7 Å². The lowest BCUT2D eigenvalue weighted by atomic mass is 10.1. The molecule has 1 N–H and O–H groups in total. The van der Waals surface area contributed by atoms with Gasteiger partial charge in [0, 0.05) is 19.3 Å². The van der Waals surface area contributed by atoms with Crippen LogP contribution in [0.4, 0.5) is 28.4 Å². The monoisotopic (exact) mass is 585 g/mol. The molecule has 1 aliphatic rings. The standard InChI is InChI=1S/C23H16ClF4N5O3S2/c24-22-29-6-5-16(30-22)21-20(31-23(37-21)33-7-9-36-10-8-33)18-14(27)3-4-15(19(18)28)32-38(34,35)17-11-12(25)1-2-13(17)26/h1-6,11,32H,7-10H2. The lowest BCUT2D eigenvalue weighted by Gasteiger charge is -2.26. The first-order chi connectivity index (χ1) is 18.1. The maximum atomic E-state index is 15.8. The highest BCUT2D eigenvalue weighted by atomic mass is 35.5. The molecule has 0 spiro atoms. The molecule has 0 aliphatic carbocycles. The number of ether oxygens (including phenoxy) is 1. The van der Waals surface area contributed by atoms with Gasteiger partial charge in [0.1, 0.15) is 22.3 Å². The molecular weight excluding hydrogens is 570 g/mol. The summed E-state index contributed by atoms with van der Waals surface area (Å²) in [6, 6.07) is 4.97. The number of thiazole rings is 1. The lowest BCUT2D eigenvalue weighted by molar-refractivity contribution is 0.122. The maximum absolute atomic E-state index is 15.8. The third-order valence-electron chi connectivity index (χ3n) is 5.51. The third kappa shape index (κ3) is 5.16. The molecule has 3 heterocycles. The van der Waals surface area contributed by atoms with E-state index in [0.717, 1.165) is 29.5 Å². The van der Waals surface area contributed by atoms with Gasteiger partial charge < -0.3 is 9.64 Å². The van der Waals surface area contributed by atoms with Gasteiger partial charge in [-0.25, -0.2) is 40.9 Å². The van der Waals surface area contributed by atoms with E-state index in [-0.39, 0.29) is 21.5 Å². The number of morpholine rings is 1. The maximum Gasteiger partial charge on any atom is 0.265 e. The molecule has 2 aromatic heterocycles. The van der Waals surface area contributed by atoms with Gasteiger partial charge >= 0.3 is 0 Å². The number of hydrogen-bond donors (Lipinski definition) is 1. The minimum atomic E-state index is -4.79. The Balaban J connectivity index is 1.63. The predicted octanol–water partition coefficient (Wildman–Crippen LogP) is 5.11. The predicted molar refractivity (Wildman–Crippen MR) is 134 cm³/mol. The third-order valence-corrected chi connectivity index (χ3v) is 8.21. The molecule has 198 valence electrons. The fourth-order valence-corrected chi connectivity index (χ4v) is 6.13. The van der Waals surface area contributed by atoms with Crippen LogP contribution in [0.2, 0.25) is 5.28 Å². The summed E-state index contributed by atoms with van der Waals surface area (Å²) < 4.78 is 91.5. The van der Waals surface area contributed by atoms with Crippen LogP contribution in [0.5, 0.6) is 0 Å². The summed E-state index contributed by atoms with van der Waals surface area (Å²) in [5.74, 6) is -4.62. The number of anilines is 2. The van der Waals surface area contributed by atoms with Crippen LogP contribution >= 0.6 is 22.9 Å². The normalized spacial score (nSPS) is 14.1. The summed E-state index contributed by atoms with van der Waals surface area (Å²) in [7, 11) is -4.79. The molecule has 4 aromatic rings. The summed E-state index contributed by atoms with van der Waals surface area (Å²) >= 11 is 7.05. The lowest BCUT2D eigenvalue weighted by Crippen LogP contribution is -2.36. The molecule has 15 heteroatoms. The zero-order chi connectivity index (χ0) is 27.0. The zero-order valence-electron chi connectivity index (χ0n) is 19.1. The Bertz CT molecular complexity index is 1630. The second-order valence-electron chi connectivity index (χ2n) is 7.95. The molecule has 0 radical (unpaired) electrons. The van der Waals surface area contributed by atoms with Crippen molar-refractivity contribution in [1.29, 1.82) is 0 Å². The Morgan fingerprint density at radius 1 is 1.00 bits per heavy atom. The van der Waals surface area contributed by atoms with E-state index in [1.807, 2.05) is 9.62 Å². The number of aromatic nitrogens is 3. The van der Waals surface area contributed by atoms with Crippen molar-refractivity contribution < 1.29 is 30.7 Å². The van der Waals surface area contributed by atoms with E-state index in [1.165, 1.54) is 12.3 Å². The van der Waals surface area contributed by atoms with Gasteiger partial charge in [-0.3, -0.25) is 4.72 Å². The molecule has 38 heavy (non-hydrogen) atoms. The number of halogens is 5. The Hall–Kier alpha value is -3.33. The van der Waals surface area contributed by atoms with Crippen molar-refractivity contribution in [3.05, 3.63) is 71.1 Å². The first-order valence-corrected chi connectivity index (χ1v) is 13.6. The van der Waals surface area contributed by atoms with E-state index < -0.39 is 49.4 Å². The van der Waals surface area contributed by atoms with E-state index in [2.05, 4.69) is 15.0 Å². The van der Waals surface area contributed by atoms with Gasteiger partial charge in [-0.2, -0.15) is 0 Å². The fraction of sp³-hybridized carbons (Fsp3) is 0.174. The molecule has 5 rings (SSSR count). The summed E-state index contributed by atoms with van der Waals surface area (Å²) in [6.45, 7) is 1.84. The molecule has 0 saturated carbocycles. The van der Waals surface area contributed by atoms with E-state index >= 15 is 8.78 Å². The minimum Gasteiger partial charge on any atom is -0.378 e. The van der Waals surface area contributed by atoms with E-state index in [9.17, 15) is 17.2 Å². The van der Waals surface area contributed by atoms with E-state index in [1.54, 1.807) is 0 Å². The van der Waals surface area contributed by atoms with Crippen LogP contribution in [0.15, 0.2) is 47.5 Å². The largest absolute Gasteiger partial charge is 0.378 e. The first kappa shape index (κ1) is 26.3. The SMILES string of the molecule is O=S(=O)(Nc1ccc(F)c(-c2nc(N3CCOCC3)sc2-c2ccnc(Cl)n2)c1F)c1cc(F)ccc1F. The Labute approximate surface area is 223 Å². The van der Waals surface area contributed by atoms with Crippen molar-refractivity contribution in [3.8, 4) is 21.8 Å². The van der Waals surface area contributed by atoms with Gasteiger partial charge in [-0.15, -0.1) is 0 Å². The van der Waals surface area contributed by atoms with Crippen LogP contribution in [0.3, 0.4) is 0 Å². The molecule has 8 nitrogen and oxygen atoms in total. The fourth-order valence-electron chi connectivity index (χ4n) is 3.73. The number of nitrogens with one attached hydrogen (secondary N) is 1.